The van der Waals surface area contributed by atoms with Crippen molar-refractivity contribution in [2.24, 2.45) is 11.7 Å². The van der Waals surface area contributed by atoms with E-state index in [-0.39, 0.29) is 0 Å². The molecule has 1 aliphatic rings. The fourth-order valence-corrected chi connectivity index (χ4v) is 3.00. The SMILES string of the molecule is CCCC1CCN(c2ccccc2C(N)=S)CC1. The van der Waals surface area contributed by atoms with Crippen LogP contribution < -0.4 is 10.6 Å². The lowest BCUT2D eigenvalue weighted by atomic mass is 9.92. The minimum absolute atomic E-state index is 0.501. The van der Waals surface area contributed by atoms with Crippen LogP contribution in [0.5, 0.6) is 0 Å². The fraction of sp³-hybridized carbons (Fsp3) is 0.533. The van der Waals surface area contributed by atoms with Gasteiger partial charge in [-0.15, -0.1) is 0 Å². The average Bonchev–Trinajstić information content (AvgIpc) is 2.40. The van der Waals surface area contributed by atoms with Gasteiger partial charge in [0.05, 0.1) is 0 Å². The molecule has 1 saturated heterocycles. The van der Waals surface area contributed by atoms with Crippen molar-refractivity contribution >= 4 is 22.9 Å². The van der Waals surface area contributed by atoms with Crippen LogP contribution in [0.25, 0.3) is 0 Å². The van der Waals surface area contributed by atoms with Crippen LogP contribution in [-0.2, 0) is 0 Å². The average molecular weight is 262 g/mol. The molecular weight excluding hydrogens is 240 g/mol. The van der Waals surface area contributed by atoms with E-state index in [9.17, 15) is 0 Å². The fourth-order valence-electron chi connectivity index (χ4n) is 2.83. The molecule has 0 saturated carbocycles. The zero-order valence-electron chi connectivity index (χ0n) is 11.1. The molecule has 2 N–H and O–H groups in total. The van der Waals surface area contributed by atoms with Crippen molar-refractivity contribution in [3.8, 4) is 0 Å². The molecule has 0 radical (unpaired) electrons. The van der Waals surface area contributed by atoms with E-state index in [1.807, 2.05) is 12.1 Å². The highest BCUT2D eigenvalue weighted by Crippen LogP contribution is 2.28. The molecule has 0 aliphatic carbocycles. The Hall–Kier alpha value is -1.09. The van der Waals surface area contributed by atoms with Crippen molar-refractivity contribution < 1.29 is 0 Å². The first-order valence-corrected chi connectivity index (χ1v) is 7.27. The normalized spacial score (nSPS) is 16.8. The second-order valence-electron chi connectivity index (χ2n) is 5.10. The quantitative estimate of drug-likeness (QED) is 0.844. The predicted molar refractivity (Wildman–Crippen MR) is 82.2 cm³/mol. The molecule has 2 rings (SSSR count). The summed E-state index contributed by atoms with van der Waals surface area (Å²) in [5.41, 5.74) is 8.02. The van der Waals surface area contributed by atoms with Gasteiger partial charge >= 0.3 is 0 Å². The van der Waals surface area contributed by atoms with Crippen LogP contribution in [0.15, 0.2) is 24.3 Å². The molecule has 18 heavy (non-hydrogen) atoms. The molecule has 1 heterocycles. The Morgan fingerprint density at radius 2 is 2.00 bits per heavy atom. The van der Waals surface area contributed by atoms with E-state index in [0.29, 0.717) is 4.99 Å². The Morgan fingerprint density at radius 1 is 1.33 bits per heavy atom. The number of nitrogens with two attached hydrogens (primary N) is 1. The number of thiocarbonyl (C=S) groups is 1. The molecule has 0 amide bonds. The van der Waals surface area contributed by atoms with Gasteiger partial charge in [0.15, 0.2) is 0 Å². The highest BCUT2D eigenvalue weighted by Gasteiger charge is 2.20. The third kappa shape index (κ3) is 3.02. The van der Waals surface area contributed by atoms with Crippen LogP contribution in [0.1, 0.15) is 38.2 Å². The zero-order valence-corrected chi connectivity index (χ0v) is 11.9. The van der Waals surface area contributed by atoms with Gasteiger partial charge in [-0.3, -0.25) is 0 Å². The lowest BCUT2D eigenvalue weighted by molar-refractivity contribution is 0.378. The zero-order chi connectivity index (χ0) is 13.0. The molecule has 1 aromatic rings. The number of nitrogens with zero attached hydrogens (tertiary/aromatic N) is 1. The molecule has 0 aromatic heterocycles. The summed E-state index contributed by atoms with van der Waals surface area (Å²) >= 11 is 5.13. The number of rotatable bonds is 4. The van der Waals surface area contributed by atoms with E-state index in [1.165, 1.54) is 31.4 Å². The van der Waals surface area contributed by atoms with Crippen molar-refractivity contribution in [1.29, 1.82) is 0 Å². The van der Waals surface area contributed by atoms with Crippen LogP contribution in [0, 0.1) is 5.92 Å². The molecule has 1 fully saturated rings. The number of anilines is 1. The first kappa shape index (κ1) is 13.3. The summed E-state index contributed by atoms with van der Waals surface area (Å²) < 4.78 is 0. The summed E-state index contributed by atoms with van der Waals surface area (Å²) in [5.74, 6) is 0.906. The van der Waals surface area contributed by atoms with E-state index in [1.54, 1.807) is 0 Å². The van der Waals surface area contributed by atoms with Gasteiger partial charge in [0.2, 0.25) is 0 Å². The number of benzene rings is 1. The molecule has 0 atom stereocenters. The summed E-state index contributed by atoms with van der Waals surface area (Å²) in [6, 6.07) is 8.22. The van der Waals surface area contributed by atoms with Crippen molar-refractivity contribution in [2.45, 2.75) is 32.6 Å². The molecule has 1 aliphatic heterocycles. The Kier molecular flexibility index (Phi) is 4.59. The minimum atomic E-state index is 0.501. The van der Waals surface area contributed by atoms with Gasteiger partial charge in [0.25, 0.3) is 0 Å². The van der Waals surface area contributed by atoms with E-state index >= 15 is 0 Å². The van der Waals surface area contributed by atoms with Crippen molar-refractivity contribution in [3.63, 3.8) is 0 Å². The number of hydrogen-bond acceptors (Lipinski definition) is 2. The summed E-state index contributed by atoms with van der Waals surface area (Å²) in [6.45, 7) is 4.53. The van der Waals surface area contributed by atoms with Gasteiger partial charge in [-0.05, 0) is 30.9 Å². The van der Waals surface area contributed by atoms with Gasteiger partial charge in [0.1, 0.15) is 4.99 Å². The second kappa shape index (κ2) is 6.19. The monoisotopic (exact) mass is 262 g/mol. The summed E-state index contributed by atoms with van der Waals surface area (Å²) in [7, 11) is 0. The highest BCUT2D eigenvalue weighted by atomic mass is 32.1. The molecule has 0 bridgehead atoms. The molecule has 0 spiro atoms. The second-order valence-corrected chi connectivity index (χ2v) is 5.54. The first-order chi connectivity index (χ1) is 8.72. The third-order valence-corrected chi connectivity index (χ3v) is 4.04. The van der Waals surface area contributed by atoms with Crippen LogP contribution in [0.2, 0.25) is 0 Å². The molecule has 3 heteroatoms. The van der Waals surface area contributed by atoms with Crippen molar-refractivity contribution in [3.05, 3.63) is 29.8 Å². The third-order valence-electron chi connectivity index (χ3n) is 3.82. The maximum absolute atomic E-state index is 5.80. The Labute approximate surface area is 115 Å². The van der Waals surface area contributed by atoms with Gasteiger partial charge in [0, 0.05) is 24.3 Å². The topological polar surface area (TPSA) is 29.3 Å². The smallest absolute Gasteiger partial charge is 0.106 e. The van der Waals surface area contributed by atoms with Gasteiger partial charge in [-0.2, -0.15) is 0 Å². The molecular formula is C15H22N2S. The van der Waals surface area contributed by atoms with Crippen LogP contribution in [-0.4, -0.2) is 18.1 Å². The summed E-state index contributed by atoms with van der Waals surface area (Å²) in [4.78, 5) is 2.93. The van der Waals surface area contributed by atoms with Crippen molar-refractivity contribution in [2.75, 3.05) is 18.0 Å². The molecule has 98 valence electrons. The standard InChI is InChI=1S/C15H22N2S/c1-2-5-12-8-10-17(11-9-12)14-7-4-3-6-13(14)15(16)18/h3-4,6-7,12H,2,5,8-11H2,1H3,(H2,16,18). The Bertz CT molecular complexity index is 409. The number of hydrogen-bond donors (Lipinski definition) is 1. The maximum atomic E-state index is 5.80. The van der Waals surface area contributed by atoms with E-state index in [4.69, 9.17) is 18.0 Å². The lowest BCUT2D eigenvalue weighted by Gasteiger charge is -2.34. The van der Waals surface area contributed by atoms with Gasteiger partial charge < -0.3 is 10.6 Å². The van der Waals surface area contributed by atoms with Crippen LogP contribution in [0.3, 0.4) is 0 Å². The predicted octanol–water partition coefficient (Wildman–Crippen LogP) is 3.34. The first-order valence-electron chi connectivity index (χ1n) is 6.86. The van der Waals surface area contributed by atoms with Crippen LogP contribution >= 0.6 is 12.2 Å². The Morgan fingerprint density at radius 3 is 2.61 bits per heavy atom. The van der Waals surface area contributed by atoms with E-state index in [0.717, 1.165) is 24.6 Å². The molecule has 2 nitrogen and oxygen atoms in total. The number of para-hydroxylation sites is 1. The molecule has 0 unspecified atom stereocenters. The number of piperidine rings is 1. The molecule has 1 aromatic carbocycles. The van der Waals surface area contributed by atoms with Crippen LogP contribution in [0.4, 0.5) is 5.69 Å². The largest absolute Gasteiger partial charge is 0.389 e. The van der Waals surface area contributed by atoms with Gasteiger partial charge in [-0.25, -0.2) is 0 Å². The summed E-state index contributed by atoms with van der Waals surface area (Å²) in [5, 5.41) is 0. The highest BCUT2D eigenvalue weighted by molar-refractivity contribution is 7.80. The minimum Gasteiger partial charge on any atom is -0.389 e. The lowest BCUT2D eigenvalue weighted by Crippen LogP contribution is -2.35. The van der Waals surface area contributed by atoms with E-state index in [2.05, 4.69) is 24.0 Å². The van der Waals surface area contributed by atoms with E-state index < -0.39 is 0 Å². The summed E-state index contributed by atoms with van der Waals surface area (Å²) in [6.07, 6.45) is 5.25. The Balaban J connectivity index is 2.07. The van der Waals surface area contributed by atoms with Crippen molar-refractivity contribution in [1.82, 2.24) is 0 Å². The maximum Gasteiger partial charge on any atom is 0.106 e. The van der Waals surface area contributed by atoms with Gasteiger partial charge in [-0.1, -0.05) is 44.1 Å².